The third-order valence-corrected chi connectivity index (χ3v) is 10.7. The molecule has 0 atom stereocenters. The van der Waals surface area contributed by atoms with Crippen LogP contribution in [-0.4, -0.2) is 36.1 Å². The van der Waals surface area contributed by atoms with Gasteiger partial charge < -0.3 is 0 Å². The van der Waals surface area contributed by atoms with Gasteiger partial charge >= 0.3 is 151 Å². The van der Waals surface area contributed by atoms with Gasteiger partial charge in [0.2, 0.25) is 0 Å². The second-order valence-electron chi connectivity index (χ2n) is 4.99. The second-order valence-corrected chi connectivity index (χ2v) is 12.8. The van der Waals surface area contributed by atoms with Crippen molar-refractivity contribution < 1.29 is 9.85 Å². The molecule has 0 fully saturated rings. The van der Waals surface area contributed by atoms with Crippen molar-refractivity contribution in [2.24, 2.45) is 0 Å². The number of nitrogens with zero attached hydrogens (tertiary/aromatic N) is 2. The molecule has 0 saturated carbocycles. The van der Waals surface area contributed by atoms with Crippen molar-refractivity contribution in [3.63, 3.8) is 0 Å². The Morgan fingerprint density at radius 1 is 0.667 bits per heavy atom. The molecule has 0 spiro atoms. The van der Waals surface area contributed by atoms with Crippen LogP contribution < -0.4 is 0 Å². The van der Waals surface area contributed by atoms with Gasteiger partial charge in [-0.15, -0.1) is 0 Å². The molecule has 24 heavy (non-hydrogen) atoms. The predicted molar refractivity (Wildman–Crippen MR) is 94.7 cm³/mol. The van der Waals surface area contributed by atoms with Gasteiger partial charge in [0.05, 0.1) is 0 Å². The zero-order valence-electron chi connectivity index (χ0n) is 12.8. The molecule has 0 amide bonds. The van der Waals surface area contributed by atoms with Crippen LogP contribution in [0.4, 0.5) is 11.4 Å². The van der Waals surface area contributed by atoms with E-state index in [9.17, 15) is 20.2 Å². The fraction of sp³-hybridized carbons (Fsp3) is 0.250. The number of hydrogen-bond acceptors (Lipinski definition) is 4. The summed E-state index contributed by atoms with van der Waals surface area (Å²) in [5, 5.41) is 23.5. The number of nitro groups is 2. The molecule has 126 valence electrons. The number of rotatable bonds is 9. The normalized spacial score (nSPS) is 10.5. The van der Waals surface area contributed by atoms with Gasteiger partial charge in [-0.25, -0.2) is 0 Å². The molecule has 0 radical (unpaired) electrons. The molecule has 0 saturated heterocycles. The third-order valence-electron chi connectivity index (χ3n) is 3.33. The van der Waals surface area contributed by atoms with E-state index in [4.69, 9.17) is 0 Å². The van der Waals surface area contributed by atoms with Crippen LogP contribution in [0.15, 0.2) is 48.5 Å². The van der Waals surface area contributed by atoms with Gasteiger partial charge in [0.15, 0.2) is 0 Å². The summed E-state index contributed by atoms with van der Waals surface area (Å²) in [6, 6.07) is 13.6. The van der Waals surface area contributed by atoms with Gasteiger partial charge in [-0.05, 0) is 0 Å². The molecule has 0 heterocycles. The van der Waals surface area contributed by atoms with Crippen LogP contribution in [0.2, 0.25) is 10.6 Å². The summed E-state index contributed by atoms with van der Waals surface area (Å²) in [5.74, 6) is 0. The molecule has 0 unspecified atom stereocenters. The number of non-ortho nitro benzene ring substituents is 2. The maximum atomic E-state index is 10.6. The monoisotopic (exact) mass is 460 g/mol. The van der Waals surface area contributed by atoms with E-state index in [2.05, 4.69) is 0 Å². The summed E-state index contributed by atoms with van der Waals surface area (Å²) in [4.78, 5) is 20.4. The third kappa shape index (κ3) is 6.06. The van der Waals surface area contributed by atoms with E-state index in [1.807, 2.05) is 24.3 Å². The maximum absolute atomic E-state index is 10.6. The summed E-state index contributed by atoms with van der Waals surface area (Å²) >= 11 is 1.21. The van der Waals surface area contributed by atoms with Crippen LogP contribution in [0.25, 0.3) is 0 Å². The molecule has 0 aliphatic heterocycles. The first-order valence-electron chi connectivity index (χ1n) is 7.27. The van der Waals surface area contributed by atoms with Gasteiger partial charge in [0.1, 0.15) is 0 Å². The Labute approximate surface area is 150 Å². The molecule has 2 rings (SSSR count). The van der Waals surface area contributed by atoms with E-state index in [1.54, 1.807) is 24.3 Å². The number of benzene rings is 2. The number of aryl methyl sites for hydroxylation is 2. The van der Waals surface area contributed by atoms with Gasteiger partial charge in [-0.2, -0.15) is 0 Å². The van der Waals surface area contributed by atoms with Crippen LogP contribution >= 0.6 is 0 Å². The fourth-order valence-corrected chi connectivity index (χ4v) is 8.23. The standard InChI is InChI=1S/C16H16N2O4Se2/c19-17(20)15-5-1-13(2-6-15)9-11-23-24-12-10-14-3-7-16(8-4-14)18(21)22/h1-8H,9-12H2. The Balaban J connectivity index is 1.62. The topological polar surface area (TPSA) is 86.3 Å². The second kappa shape index (κ2) is 9.54. The van der Waals surface area contributed by atoms with Gasteiger partial charge in [0.25, 0.3) is 0 Å². The Kier molecular flexibility index (Phi) is 7.40. The van der Waals surface area contributed by atoms with Crippen molar-refractivity contribution in [3.05, 3.63) is 79.9 Å². The molecule has 6 nitrogen and oxygen atoms in total. The van der Waals surface area contributed by atoms with Gasteiger partial charge in [0, 0.05) is 0 Å². The SMILES string of the molecule is O=[N+]([O-])c1ccc(CC[Se][Se]CCc2ccc([N+](=O)[O-])cc2)cc1. The van der Waals surface area contributed by atoms with Gasteiger partial charge in [-0.1, -0.05) is 0 Å². The molecule has 0 aliphatic rings. The average molecular weight is 458 g/mol. The van der Waals surface area contributed by atoms with Crippen molar-refractivity contribution in [1.29, 1.82) is 0 Å². The predicted octanol–water partition coefficient (Wildman–Crippen LogP) is 3.45. The van der Waals surface area contributed by atoms with E-state index < -0.39 is 0 Å². The molecule has 2 aromatic carbocycles. The van der Waals surface area contributed by atoms with Crippen LogP contribution in [0.1, 0.15) is 11.1 Å². The minimum atomic E-state index is -0.380. The first-order valence-corrected chi connectivity index (χ1v) is 14.0. The van der Waals surface area contributed by atoms with Crippen LogP contribution in [0.5, 0.6) is 0 Å². The summed E-state index contributed by atoms with van der Waals surface area (Å²) in [7, 11) is 0. The van der Waals surface area contributed by atoms with E-state index in [0.717, 1.165) is 34.6 Å². The van der Waals surface area contributed by atoms with E-state index >= 15 is 0 Å². The Morgan fingerprint density at radius 3 is 1.29 bits per heavy atom. The molecule has 0 aliphatic carbocycles. The summed E-state index contributed by atoms with van der Waals surface area (Å²) in [5.41, 5.74) is 2.57. The van der Waals surface area contributed by atoms with Gasteiger partial charge in [-0.3, -0.25) is 0 Å². The van der Waals surface area contributed by atoms with Crippen LogP contribution in [0, 0.1) is 20.2 Å². The number of nitro benzene ring substituents is 2. The molecule has 0 N–H and O–H groups in total. The van der Waals surface area contributed by atoms with Crippen molar-refractivity contribution in [2.75, 3.05) is 0 Å². The molecule has 8 heteroatoms. The molecule has 2 aromatic rings. The summed E-state index contributed by atoms with van der Waals surface area (Å²) in [6.45, 7) is 0. The summed E-state index contributed by atoms with van der Waals surface area (Å²) in [6.07, 6.45) is 1.94. The van der Waals surface area contributed by atoms with Crippen molar-refractivity contribution in [3.8, 4) is 0 Å². The summed E-state index contributed by atoms with van der Waals surface area (Å²) < 4.78 is 0. The first kappa shape index (κ1) is 18.6. The Morgan fingerprint density at radius 2 is 1.00 bits per heavy atom. The quantitative estimate of drug-likeness (QED) is 0.249. The molecule has 0 aromatic heterocycles. The van der Waals surface area contributed by atoms with E-state index in [-0.39, 0.29) is 21.2 Å². The Hall–Kier alpha value is -1.72. The zero-order chi connectivity index (χ0) is 17.4. The molecular formula is C16H16N2O4Se2. The van der Waals surface area contributed by atoms with Crippen molar-refractivity contribution >= 4 is 37.6 Å². The van der Waals surface area contributed by atoms with Crippen molar-refractivity contribution in [1.82, 2.24) is 0 Å². The van der Waals surface area contributed by atoms with Crippen LogP contribution in [-0.2, 0) is 12.8 Å². The van der Waals surface area contributed by atoms with E-state index in [0.29, 0.717) is 26.3 Å². The zero-order valence-corrected chi connectivity index (χ0v) is 16.2. The average Bonchev–Trinajstić information content (AvgIpc) is 2.58. The molecule has 0 bridgehead atoms. The fourth-order valence-electron chi connectivity index (χ4n) is 2.01. The van der Waals surface area contributed by atoms with E-state index in [1.165, 1.54) is 0 Å². The first-order chi connectivity index (χ1) is 11.6. The Bertz CT molecular complexity index is 629. The van der Waals surface area contributed by atoms with Crippen LogP contribution in [0.3, 0.4) is 0 Å². The number of hydrogen-bond donors (Lipinski definition) is 0. The van der Waals surface area contributed by atoms with Crippen molar-refractivity contribution in [2.45, 2.75) is 23.5 Å². The minimum absolute atomic E-state index is 0.136. The molecular weight excluding hydrogens is 442 g/mol.